The van der Waals surface area contributed by atoms with Crippen molar-refractivity contribution in [2.75, 3.05) is 11.1 Å². The fraction of sp³-hybridized carbons (Fsp3) is 0. The molecule has 16 nitrogen and oxygen atoms in total. The van der Waals surface area contributed by atoms with Crippen LogP contribution in [0.1, 0.15) is 0 Å². The molecule has 0 aliphatic heterocycles. The normalized spacial score (nSPS) is 12.7. The number of nitrogens with zero attached hydrogens (tertiary/aromatic N) is 5. The summed E-state index contributed by atoms with van der Waals surface area (Å²) >= 11 is 5.83. The average Bonchev–Trinajstić information content (AvgIpc) is 2.89. The number of aromatic nitrogens is 3. The van der Waals surface area contributed by atoms with Crippen molar-refractivity contribution < 1.29 is 38.9 Å². The summed E-state index contributed by atoms with van der Waals surface area (Å²) in [7, 11) is -14.5. The Labute approximate surface area is 247 Å². The van der Waals surface area contributed by atoms with Gasteiger partial charge in [-0.25, -0.2) is 0 Å². The van der Waals surface area contributed by atoms with E-state index in [0.29, 0.717) is 0 Å². The highest BCUT2D eigenvalue weighted by molar-refractivity contribution is 7.86. The third-order valence-corrected chi connectivity index (χ3v) is 8.73. The highest BCUT2D eigenvalue weighted by atomic mass is 35.5. The topological polar surface area (TPSA) is 265 Å². The van der Waals surface area contributed by atoms with Gasteiger partial charge in [-0.3, -0.25) is 13.7 Å². The van der Waals surface area contributed by atoms with Crippen LogP contribution in [0.4, 0.5) is 29.0 Å². The Kier molecular flexibility index (Phi) is 7.50. The quantitative estimate of drug-likeness (QED) is 0.120. The first-order valence-corrected chi connectivity index (χ1v) is 16.1. The molecule has 1 heterocycles. The smallest absolute Gasteiger partial charge is 0.295 e. The van der Waals surface area contributed by atoms with E-state index in [9.17, 15) is 38.9 Å². The molecule has 222 valence electrons. The number of nitrogens with two attached hydrogens (primary N) is 1. The van der Waals surface area contributed by atoms with Gasteiger partial charge < -0.3 is 11.1 Å². The monoisotopic (exact) mass is 665 g/mol. The molecule has 0 unspecified atom stereocenters. The van der Waals surface area contributed by atoms with Crippen LogP contribution in [0.25, 0.3) is 21.5 Å². The molecular formula is C23H16ClN7O9S3. The van der Waals surface area contributed by atoms with Crippen LogP contribution in [0.5, 0.6) is 0 Å². The van der Waals surface area contributed by atoms with Crippen molar-refractivity contribution in [3.05, 3.63) is 65.9 Å². The van der Waals surface area contributed by atoms with Gasteiger partial charge in [0.25, 0.3) is 30.4 Å². The van der Waals surface area contributed by atoms with Crippen LogP contribution >= 0.6 is 11.6 Å². The van der Waals surface area contributed by atoms with E-state index < -0.39 is 45.0 Å². The number of fused-ring (bicyclic) bond motifs is 2. The van der Waals surface area contributed by atoms with E-state index in [2.05, 4.69) is 30.5 Å². The minimum atomic E-state index is -4.91. The second-order valence-electron chi connectivity index (χ2n) is 8.64. The Balaban J connectivity index is 1.72. The summed E-state index contributed by atoms with van der Waals surface area (Å²) in [5, 5.41) is 10.1. The number of halogens is 1. The number of nitrogen functional groups attached to an aromatic ring is 1. The van der Waals surface area contributed by atoms with Crippen molar-refractivity contribution >= 4 is 92.5 Å². The van der Waals surface area contributed by atoms with Gasteiger partial charge in [0.15, 0.2) is 0 Å². The fourth-order valence-electron chi connectivity index (χ4n) is 4.22. The molecule has 0 aliphatic carbocycles. The van der Waals surface area contributed by atoms with Crippen LogP contribution in [-0.2, 0) is 30.4 Å². The van der Waals surface area contributed by atoms with E-state index in [1.807, 2.05) is 0 Å². The van der Waals surface area contributed by atoms with Crippen molar-refractivity contribution in [3.63, 3.8) is 0 Å². The maximum Gasteiger partial charge on any atom is 0.295 e. The van der Waals surface area contributed by atoms with Gasteiger partial charge in [-0.15, -0.1) is 5.11 Å². The van der Waals surface area contributed by atoms with Crippen LogP contribution < -0.4 is 11.1 Å². The van der Waals surface area contributed by atoms with Crippen molar-refractivity contribution in [1.82, 2.24) is 15.0 Å². The molecule has 43 heavy (non-hydrogen) atoms. The summed E-state index contributed by atoms with van der Waals surface area (Å²) in [6, 6.07) is 12.1. The number of rotatable bonds is 7. The number of benzene rings is 4. The van der Waals surface area contributed by atoms with Crippen molar-refractivity contribution in [1.29, 1.82) is 0 Å². The standard InChI is InChI=1S/C23H16ClN7O9S3/c24-21-27-22(25)29-23(28-21)26-16-8-7-15(13-4-2-6-18(20(13)16)42(35,36)37)31-30-11-9-14-12(19(10-11)43(38,39)40)3-1-5-17(14)41(32,33)34/h1-10H,(H,32,33,34)(H,35,36,37)(H,38,39,40)(H3,25,26,27,28,29). The molecule has 0 fully saturated rings. The zero-order chi connectivity index (χ0) is 31.3. The molecule has 5 aromatic rings. The van der Waals surface area contributed by atoms with Gasteiger partial charge in [-0.2, -0.15) is 45.3 Å². The van der Waals surface area contributed by atoms with Gasteiger partial charge in [0, 0.05) is 21.5 Å². The van der Waals surface area contributed by atoms with E-state index in [4.69, 9.17) is 17.3 Å². The minimum Gasteiger partial charge on any atom is -0.368 e. The Morgan fingerprint density at radius 1 is 0.698 bits per heavy atom. The van der Waals surface area contributed by atoms with Gasteiger partial charge in [0.2, 0.25) is 17.2 Å². The molecule has 0 aliphatic rings. The van der Waals surface area contributed by atoms with Crippen molar-refractivity contribution in [2.24, 2.45) is 10.2 Å². The van der Waals surface area contributed by atoms with Gasteiger partial charge in [0.05, 0.1) is 17.1 Å². The van der Waals surface area contributed by atoms with Crippen molar-refractivity contribution in [2.45, 2.75) is 14.7 Å². The molecule has 0 amide bonds. The summed E-state index contributed by atoms with van der Waals surface area (Å²) in [6.07, 6.45) is 0. The van der Waals surface area contributed by atoms with Crippen LogP contribution in [0.3, 0.4) is 0 Å². The van der Waals surface area contributed by atoms with E-state index in [0.717, 1.165) is 24.3 Å². The molecule has 20 heteroatoms. The van der Waals surface area contributed by atoms with Gasteiger partial charge in [-0.1, -0.05) is 24.3 Å². The van der Waals surface area contributed by atoms with Gasteiger partial charge >= 0.3 is 0 Å². The van der Waals surface area contributed by atoms with Crippen LogP contribution in [0.15, 0.2) is 85.6 Å². The molecule has 6 N–H and O–H groups in total. The molecule has 0 saturated carbocycles. The van der Waals surface area contributed by atoms with Gasteiger partial charge in [-0.05, 0) is 48.0 Å². The predicted octanol–water partition coefficient (Wildman–Crippen LogP) is 4.31. The van der Waals surface area contributed by atoms with E-state index in [1.54, 1.807) is 0 Å². The number of hydrogen-bond donors (Lipinski definition) is 5. The summed E-state index contributed by atoms with van der Waals surface area (Å²) in [5.41, 5.74) is 5.42. The molecule has 0 atom stereocenters. The first kappa shape index (κ1) is 30.1. The third-order valence-electron chi connectivity index (χ3n) is 5.86. The van der Waals surface area contributed by atoms with Crippen LogP contribution in [-0.4, -0.2) is 53.9 Å². The minimum absolute atomic E-state index is 0.0100. The second-order valence-corrected chi connectivity index (χ2v) is 13.2. The van der Waals surface area contributed by atoms with E-state index in [1.165, 1.54) is 36.4 Å². The number of azo groups is 1. The number of hydrogen-bond acceptors (Lipinski definition) is 13. The SMILES string of the molecule is Nc1nc(Cl)nc(Nc2ccc(N=Nc3cc(S(=O)(=O)O)c4cccc(S(=O)(=O)O)c4c3)c3cccc(S(=O)(=O)O)c23)n1. The molecule has 0 bridgehead atoms. The zero-order valence-electron chi connectivity index (χ0n) is 21.0. The zero-order valence-corrected chi connectivity index (χ0v) is 24.2. The van der Waals surface area contributed by atoms with Gasteiger partial charge in [0.1, 0.15) is 14.7 Å². The second kappa shape index (κ2) is 10.7. The van der Waals surface area contributed by atoms with E-state index in [-0.39, 0.29) is 55.8 Å². The lowest BCUT2D eigenvalue weighted by Crippen LogP contribution is -2.05. The molecular weight excluding hydrogens is 650 g/mol. The lowest BCUT2D eigenvalue weighted by molar-refractivity contribution is 0.481. The van der Waals surface area contributed by atoms with E-state index >= 15 is 0 Å². The lowest BCUT2D eigenvalue weighted by Gasteiger charge is -2.13. The Bertz CT molecular complexity index is 2310. The fourth-order valence-corrected chi connectivity index (χ4v) is 6.54. The maximum atomic E-state index is 12.3. The first-order chi connectivity index (χ1) is 20.0. The summed E-state index contributed by atoms with van der Waals surface area (Å²) in [5.74, 6) is -0.383. The molecule has 0 saturated heterocycles. The highest BCUT2D eigenvalue weighted by Gasteiger charge is 2.22. The Morgan fingerprint density at radius 2 is 1.33 bits per heavy atom. The third kappa shape index (κ3) is 6.22. The summed E-state index contributed by atoms with van der Waals surface area (Å²) < 4.78 is 102. The predicted molar refractivity (Wildman–Crippen MR) is 154 cm³/mol. The molecule has 4 aromatic carbocycles. The molecule has 1 aromatic heterocycles. The first-order valence-electron chi connectivity index (χ1n) is 11.4. The largest absolute Gasteiger partial charge is 0.368 e. The molecule has 5 rings (SSSR count). The Morgan fingerprint density at radius 3 is 1.95 bits per heavy atom. The summed E-state index contributed by atoms with van der Waals surface area (Å²) in [6.45, 7) is 0. The van der Waals surface area contributed by atoms with Crippen LogP contribution in [0.2, 0.25) is 5.28 Å². The highest BCUT2D eigenvalue weighted by Crippen LogP contribution is 2.39. The average molecular weight is 666 g/mol. The van der Waals surface area contributed by atoms with Crippen molar-refractivity contribution in [3.8, 4) is 0 Å². The summed E-state index contributed by atoms with van der Waals surface area (Å²) in [4.78, 5) is 9.50. The lowest BCUT2D eigenvalue weighted by atomic mass is 10.1. The van der Waals surface area contributed by atoms with Crippen LogP contribution in [0, 0.1) is 0 Å². The molecule has 0 radical (unpaired) electrons. The Hall–Kier alpha value is -4.37. The molecule has 0 spiro atoms. The number of anilines is 3. The maximum absolute atomic E-state index is 12.3. The number of nitrogens with one attached hydrogen (secondary N) is 1.